The summed E-state index contributed by atoms with van der Waals surface area (Å²) in [6.45, 7) is 0. The lowest BCUT2D eigenvalue weighted by molar-refractivity contribution is 0.678. The van der Waals surface area contributed by atoms with E-state index in [2.05, 4.69) is 20.7 Å². The van der Waals surface area contributed by atoms with Gasteiger partial charge >= 0.3 is 0 Å². The molecule has 2 N–H and O–H groups in total. The van der Waals surface area contributed by atoms with Crippen molar-refractivity contribution in [2.24, 2.45) is 0 Å². The molecule has 1 unspecified atom stereocenters. The van der Waals surface area contributed by atoms with Crippen molar-refractivity contribution in [3.05, 3.63) is 33.2 Å². The van der Waals surface area contributed by atoms with Gasteiger partial charge in [-0.05, 0) is 18.5 Å². The largest absolute Gasteiger partial charge is 0.307 e. The molecule has 0 fully saturated rings. The van der Waals surface area contributed by atoms with Gasteiger partial charge in [-0.3, -0.25) is 0 Å². The molecule has 0 radical (unpaired) electrons. The van der Waals surface area contributed by atoms with Gasteiger partial charge in [-0.1, -0.05) is 11.6 Å². The molecule has 2 heterocycles. The Morgan fingerprint density at radius 2 is 2.50 bits per heavy atom. The van der Waals surface area contributed by atoms with E-state index in [9.17, 15) is 0 Å². The maximum Gasteiger partial charge on any atom is 0.105 e. The molecule has 74 valence electrons. The van der Waals surface area contributed by atoms with Gasteiger partial charge in [0.15, 0.2) is 0 Å². The summed E-state index contributed by atoms with van der Waals surface area (Å²) in [7, 11) is 1.87. The zero-order chi connectivity index (χ0) is 9.97. The summed E-state index contributed by atoms with van der Waals surface area (Å²) in [5.41, 5.74) is 0.844. The lowest BCUT2D eigenvalue weighted by Gasteiger charge is -2.11. The summed E-state index contributed by atoms with van der Waals surface area (Å²) in [5, 5.41) is 16.3. The van der Waals surface area contributed by atoms with Gasteiger partial charge in [0, 0.05) is 4.88 Å². The highest BCUT2D eigenvalue weighted by atomic mass is 35.5. The smallest absolute Gasteiger partial charge is 0.105 e. The molecule has 2 aromatic heterocycles. The van der Waals surface area contributed by atoms with E-state index in [1.807, 2.05) is 18.5 Å². The maximum absolute atomic E-state index is 6.04. The standard InChI is InChI=1S/C8H9ClN4S/c1-10-7(6-4-11-13-12-6)8-5(9)2-3-14-8/h2-4,7,10H,1H3,(H,11,12,13). The second kappa shape index (κ2) is 4.08. The highest BCUT2D eigenvalue weighted by Gasteiger charge is 2.18. The van der Waals surface area contributed by atoms with E-state index < -0.39 is 0 Å². The predicted octanol–water partition coefficient (Wildman–Crippen LogP) is 1.83. The van der Waals surface area contributed by atoms with Crippen molar-refractivity contribution in [1.29, 1.82) is 0 Å². The van der Waals surface area contributed by atoms with E-state index in [4.69, 9.17) is 11.6 Å². The lowest BCUT2D eigenvalue weighted by atomic mass is 10.2. The summed E-state index contributed by atoms with van der Waals surface area (Å²) in [4.78, 5) is 1.06. The number of thiophene rings is 1. The quantitative estimate of drug-likeness (QED) is 0.843. The summed E-state index contributed by atoms with van der Waals surface area (Å²) >= 11 is 7.65. The molecule has 0 aromatic carbocycles. The molecular weight excluding hydrogens is 220 g/mol. The van der Waals surface area contributed by atoms with Crippen molar-refractivity contribution in [3.63, 3.8) is 0 Å². The van der Waals surface area contributed by atoms with Gasteiger partial charge in [-0.2, -0.15) is 15.4 Å². The van der Waals surface area contributed by atoms with Crippen LogP contribution in [0.5, 0.6) is 0 Å². The molecule has 2 aromatic rings. The van der Waals surface area contributed by atoms with Gasteiger partial charge < -0.3 is 5.32 Å². The predicted molar refractivity (Wildman–Crippen MR) is 56.6 cm³/mol. The van der Waals surface area contributed by atoms with Gasteiger partial charge in [0.25, 0.3) is 0 Å². The van der Waals surface area contributed by atoms with Gasteiger partial charge in [-0.15, -0.1) is 11.3 Å². The third kappa shape index (κ3) is 1.66. The monoisotopic (exact) mass is 228 g/mol. The average Bonchev–Trinajstić information content (AvgIpc) is 2.80. The average molecular weight is 229 g/mol. The highest BCUT2D eigenvalue weighted by molar-refractivity contribution is 7.10. The van der Waals surface area contributed by atoms with Crippen LogP contribution < -0.4 is 5.32 Å². The van der Waals surface area contributed by atoms with Crippen molar-refractivity contribution in [1.82, 2.24) is 20.7 Å². The van der Waals surface area contributed by atoms with E-state index in [1.165, 1.54) is 0 Å². The third-order valence-electron chi connectivity index (χ3n) is 1.93. The molecule has 0 spiro atoms. The molecule has 14 heavy (non-hydrogen) atoms. The fourth-order valence-corrected chi connectivity index (χ4v) is 2.56. The zero-order valence-electron chi connectivity index (χ0n) is 7.49. The van der Waals surface area contributed by atoms with Crippen molar-refractivity contribution in [2.75, 3.05) is 7.05 Å². The Labute approximate surface area is 90.3 Å². The summed E-state index contributed by atoms with van der Waals surface area (Å²) in [6, 6.07) is 1.90. The van der Waals surface area contributed by atoms with Crippen LogP contribution in [0.2, 0.25) is 5.02 Å². The van der Waals surface area contributed by atoms with Gasteiger partial charge in [0.05, 0.1) is 17.3 Å². The molecule has 0 saturated carbocycles. The molecule has 6 heteroatoms. The minimum Gasteiger partial charge on any atom is -0.307 e. The third-order valence-corrected chi connectivity index (χ3v) is 3.35. The molecule has 1 atom stereocenters. The number of aromatic nitrogens is 3. The van der Waals surface area contributed by atoms with Crippen LogP contribution in [-0.2, 0) is 0 Å². The van der Waals surface area contributed by atoms with E-state index >= 15 is 0 Å². The van der Waals surface area contributed by atoms with Gasteiger partial charge in [0.1, 0.15) is 5.69 Å². The lowest BCUT2D eigenvalue weighted by Crippen LogP contribution is -2.17. The van der Waals surface area contributed by atoms with Crippen LogP contribution in [0.3, 0.4) is 0 Å². The summed E-state index contributed by atoms with van der Waals surface area (Å²) in [5.74, 6) is 0. The van der Waals surface area contributed by atoms with Gasteiger partial charge in [0.2, 0.25) is 0 Å². The van der Waals surface area contributed by atoms with E-state index in [-0.39, 0.29) is 6.04 Å². The molecular formula is C8H9ClN4S. The number of nitrogens with one attached hydrogen (secondary N) is 2. The second-order valence-electron chi connectivity index (χ2n) is 2.75. The first-order valence-corrected chi connectivity index (χ1v) is 5.34. The van der Waals surface area contributed by atoms with Crippen LogP contribution >= 0.6 is 22.9 Å². The molecule has 2 rings (SSSR count). The Morgan fingerprint density at radius 3 is 3.00 bits per heavy atom. The van der Waals surface area contributed by atoms with Crippen molar-refractivity contribution in [3.8, 4) is 0 Å². The Morgan fingerprint density at radius 1 is 1.64 bits per heavy atom. The molecule has 0 aliphatic heterocycles. The normalized spacial score (nSPS) is 13.0. The molecule has 0 saturated heterocycles. The van der Waals surface area contributed by atoms with E-state index in [1.54, 1.807) is 17.5 Å². The topological polar surface area (TPSA) is 53.6 Å². The summed E-state index contributed by atoms with van der Waals surface area (Å²) in [6.07, 6.45) is 1.69. The number of hydrogen-bond donors (Lipinski definition) is 2. The van der Waals surface area contributed by atoms with Gasteiger partial charge in [-0.25, -0.2) is 0 Å². The Balaban J connectivity index is 2.36. The van der Waals surface area contributed by atoms with Crippen molar-refractivity contribution in [2.45, 2.75) is 6.04 Å². The Kier molecular flexibility index (Phi) is 2.81. The number of hydrogen-bond acceptors (Lipinski definition) is 4. The molecule has 0 amide bonds. The van der Waals surface area contributed by atoms with Crippen LogP contribution in [0, 0.1) is 0 Å². The molecule has 4 nitrogen and oxygen atoms in total. The van der Waals surface area contributed by atoms with Crippen LogP contribution in [0.15, 0.2) is 17.6 Å². The minimum absolute atomic E-state index is 0.0150. The fraction of sp³-hybridized carbons (Fsp3) is 0.250. The SMILES string of the molecule is CNC(c1cn[nH]n1)c1sccc1Cl. The molecule has 0 bridgehead atoms. The number of H-pyrrole nitrogens is 1. The van der Waals surface area contributed by atoms with Crippen molar-refractivity contribution < 1.29 is 0 Å². The fourth-order valence-electron chi connectivity index (χ4n) is 1.27. The number of nitrogens with zero attached hydrogens (tertiary/aromatic N) is 2. The maximum atomic E-state index is 6.04. The van der Waals surface area contributed by atoms with E-state index in [0.29, 0.717) is 0 Å². The first-order valence-electron chi connectivity index (χ1n) is 4.08. The minimum atomic E-state index is 0.0150. The van der Waals surface area contributed by atoms with Crippen molar-refractivity contribution >= 4 is 22.9 Å². The molecule has 0 aliphatic carbocycles. The van der Waals surface area contributed by atoms with Crippen LogP contribution in [-0.4, -0.2) is 22.5 Å². The first-order chi connectivity index (χ1) is 6.83. The van der Waals surface area contributed by atoms with Crippen LogP contribution in [0.4, 0.5) is 0 Å². The second-order valence-corrected chi connectivity index (χ2v) is 4.10. The van der Waals surface area contributed by atoms with E-state index in [0.717, 1.165) is 15.6 Å². The number of halogens is 1. The summed E-state index contributed by atoms with van der Waals surface area (Å²) < 4.78 is 0. The van der Waals surface area contributed by atoms with Crippen LogP contribution in [0.1, 0.15) is 16.6 Å². The highest BCUT2D eigenvalue weighted by Crippen LogP contribution is 2.31. The molecule has 0 aliphatic rings. The Hall–Kier alpha value is -0.910. The number of rotatable bonds is 3. The zero-order valence-corrected chi connectivity index (χ0v) is 9.06. The Bertz CT molecular complexity index is 397. The first kappa shape index (κ1) is 9.64. The van der Waals surface area contributed by atoms with Crippen LogP contribution in [0.25, 0.3) is 0 Å². The number of aromatic amines is 1.